The summed E-state index contributed by atoms with van der Waals surface area (Å²) in [5, 5.41) is 18.7. The quantitative estimate of drug-likeness (QED) is 0.772. The van der Waals surface area contributed by atoms with Crippen LogP contribution in [0.15, 0.2) is 24.3 Å². The summed E-state index contributed by atoms with van der Waals surface area (Å²) >= 11 is 0. The summed E-state index contributed by atoms with van der Waals surface area (Å²) < 4.78 is 10.5. The first kappa shape index (κ1) is 12.8. The van der Waals surface area contributed by atoms with Gasteiger partial charge in [0, 0.05) is 6.07 Å². The molecule has 0 fully saturated rings. The molecule has 0 radical (unpaired) electrons. The molecule has 0 saturated carbocycles. The molecule has 1 aromatic carbocycles. The maximum absolute atomic E-state index is 9.52. The molecule has 0 aliphatic carbocycles. The maximum Gasteiger partial charge on any atom is 0.123 e. The van der Waals surface area contributed by atoms with Crippen LogP contribution in [0.25, 0.3) is 0 Å². The van der Waals surface area contributed by atoms with E-state index >= 15 is 0 Å². The minimum atomic E-state index is -0.662. The number of phenolic OH excluding ortho intramolecular Hbond substituents is 1. The molecule has 16 heavy (non-hydrogen) atoms. The lowest BCUT2D eigenvalue weighted by Gasteiger charge is -2.14. The van der Waals surface area contributed by atoms with Crippen LogP contribution in [-0.2, 0) is 4.74 Å². The molecule has 0 bridgehead atoms. The predicted molar refractivity (Wildman–Crippen MR) is 60.7 cm³/mol. The third-order valence-electron chi connectivity index (χ3n) is 1.88. The molecule has 0 heterocycles. The van der Waals surface area contributed by atoms with Crippen molar-refractivity contribution in [1.82, 2.24) is 0 Å². The first-order valence-corrected chi connectivity index (χ1v) is 5.29. The van der Waals surface area contributed by atoms with Gasteiger partial charge in [-0.25, -0.2) is 0 Å². The largest absolute Gasteiger partial charge is 0.508 e. The fraction of sp³-hybridized carbons (Fsp3) is 0.500. The molecule has 4 heteroatoms. The highest BCUT2D eigenvalue weighted by Gasteiger charge is 2.06. The van der Waals surface area contributed by atoms with E-state index in [0.29, 0.717) is 5.75 Å². The van der Waals surface area contributed by atoms with Gasteiger partial charge in [0.15, 0.2) is 0 Å². The van der Waals surface area contributed by atoms with Crippen molar-refractivity contribution in [3.63, 3.8) is 0 Å². The van der Waals surface area contributed by atoms with E-state index in [1.165, 1.54) is 6.07 Å². The summed E-state index contributed by atoms with van der Waals surface area (Å²) in [6.45, 7) is 4.21. The van der Waals surface area contributed by atoms with E-state index < -0.39 is 6.10 Å². The number of hydrogen-bond acceptors (Lipinski definition) is 4. The third-order valence-corrected chi connectivity index (χ3v) is 1.88. The van der Waals surface area contributed by atoms with Gasteiger partial charge in [-0.2, -0.15) is 0 Å². The number of rotatable bonds is 6. The van der Waals surface area contributed by atoms with Crippen LogP contribution in [0.2, 0.25) is 0 Å². The van der Waals surface area contributed by atoms with Crippen molar-refractivity contribution in [2.45, 2.75) is 26.1 Å². The average Bonchev–Trinajstić information content (AvgIpc) is 2.23. The van der Waals surface area contributed by atoms with Gasteiger partial charge in [0.05, 0.1) is 12.7 Å². The van der Waals surface area contributed by atoms with E-state index in [1.807, 2.05) is 13.8 Å². The van der Waals surface area contributed by atoms with Gasteiger partial charge in [0.2, 0.25) is 0 Å². The van der Waals surface area contributed by atoms with Crippen molar-refractivity contribution < 1.29 is 19.7 Å². The van der Waals surface area contributed by atoms with Crippen molar-refractivity contribution in [3.05, 3.63) is 24.3 Å². The normalized spacial score (nSPS) is 12.8. The second-order valence-electron chi connectivity index (χ2n) is 3.84. The Morgan fingerprint density at radius 2 is 2.00 bits per heavy atom. The molecule has 90 valence electrons. The zero-order valence-electron chi connectivity index (χ0n) is 9.59. The summed E-state index contributed by atoms with van der Waals surface area (Å²) in [6, 6.07) is 6.46. The molecule has 0 saturated heterocycles. The Hall–Kier alpha value is -1.26. The Morgan fingerprint density at radius 3 is 2.62 bits per heavy atom. The average molecular weight is 226 g/mol. The molecular weight excluding hydrogens is 208 g/mol. The molecule has 1 atom stereocenters. The van der Waals surface area contributed by atoms with Crippen molar-refractivity contribution in [1.29, 1.82) is 0 Å². The second kappa shape index (κ2) is 6.35. The lowest BCUT2D eigenvalue weighted by atomic mass is 10.3. The van der Waals surface area contributed by atoms with E-state index in [1.54, 1.807) is 18.2 Å². The third kappa shape index (κ3) is 5.00. The number of aliphatic hydroxyl groups is 1. The molecule has 1 aromatic rings. The van der Waals surface area contributed by atoms with Gasteiger partial charge in [0.25, 0.3) is 0 Å². The van der Waals surface area contributed by atoms with Gasteiger partial charge >= 0.3 is 0 Å². The number of benzene rings is 1. The topological polar surface area (TPSA) is 58.9 Å². The molecule has 2 N–H and O–H groups in total. The predicted octanol–water partition coefficient (Wildman–Crippen LogP) is 1.56. The van der Waals surface area contributed by atoms with Crippen LogP contribution in [0.5, 0.6) is 11.5 Å². The van der Waals surface area contributed by atoms with Crippen LogP contribution in [0.1, 0.15) is 13.8 Å². The highest BCUT2D eigenvalue weighted by atomic mass is 16.5. The summed E-state index contributed by atoms with van der Waals surface area (Å²) in [5.41, 5.74) is 0. The van der Waals surface area contributed by atoms with Gasteiger partial charge in [-0.3, -0.25) is 0 Å². The minimum Gasteiger partial charge on any atom is -0.508 e. The SMILES string of the molecule is CC(C)OCC(O)COc1cccc(O)c1. The fourth-order valence-corrected chi connectivity index (χ4v) is 1.12. The van der Waals surface area contributed by atoms with Gasteiger partial charge in [-0.15, -0.1) is 0 Å². The van der Waals surface area contributed by atoms with Crippen LogP contribution < -0.4 is 4.74 Å². The summed E-state index contributed by atoms with van der Waals surface area (Å²) in [4.78, 5) is 0. The Balaban J connectivity index is 2.28. The zero-order chi connectivity index (χ0) is 12.0. The van der Waals surface area contributed by atoms with Crippen molar-refractivity contribution in [3.8, 4) is 11.5 Å². The first-order valence-electron chi connectivity index (χ1n) is 5.29. The van der Waals surface area contributed by atoms with Crippen LogP contribution in [0.3, 0.4) is 0 Å². The lowest BCUT2D eigenvalue weighted by Crippen LogP contribution is -2.25. The van der Waals surface area contributed by atoms with Crippen LogP contribution in [0, 0.1) is 0 Å². The van der Waals surface area contributed by atoms with E-state index in [-0.39, 0.29) is 25.1 Å². The van der Waals surface area contributed by atoms with Crippen LogP contribution in [0.4, 0.5) is 0 Å². The molecule has 0 aliphatic heterocycles. The highest BCUT2D eigenvalue weighted by molar-refractivity contribution is 5.31. The standard InChI is InChI=1S/C12H18O4/c1-9(2)15-7-11(14)8-16-12-5-3-4-10(13)6-12/h3-6,9,11,13-14H,7-8H2,1-2H3. The molecule has 0 spiro atoms. The van der Waals surface area contributed by atoms with Gasteiger partial charge < -0.3 is 19.7 Å². The molecule has 0 amide bonds. The van der Waals surface area contributed by atoms with Gasteiger partial charge in [-0.05, 0) is 26.0 Å². The summed E-state index contributed by atoms with van der Waals surface area (Å²) in [5.74, 6) is 0.675. The van der Waals surface area contributed by atoms with E-state index in [0.717, 1.165) is 0 Å². The minimum absolute atomic E-state index is 0.0930. The fourth-order valence-electron chi connectivity index (χ4n) is 1.12. The molecule has 0 aromatic heterocycles. The monoisotopic (exact) mass is 226 g/mol. The van der Waals surface area contributed by atoms with E-state index in [4.69, 9.17) is 9.47 Å². The van der Waals surface area contributed by atoms with E-state index in [2.05, 4.69) is 0 Å². The van der Waals surface area contributed by atoms with Gasteiger partial charge in [0.1, 0.15) is 24.2 Å². The van der Waals surface area contributed by atoms with Crippen LogP contribution >= 0.6 is 0 Å². The van der Waals surface area contributed by atoms with Crippen molar-refractivity contribution in [2.75, 3.05) is 13.2 Å². The van der Waals surface area contributed by atoms with Crippen molar-refractivity contribution in [2.24, 2.45) is 0 Å². The van der Waals surface area contributed by atoms with Crippen molar-refractivity contribution >= 4 is 0 Å². The Kier molecular flexibility index (Phi) is 5.08. The Morgan fingerprint density at radius 1 is 1.25 bits per heavy atom. The first-order chi connectivity index (χ1) is 7.58. The molecule has 4 nitrogen and oxygen atoms in total. The highest BCUT2D eigenvalue weighted by Crippen LogP contribution is 2.17. The number of aromatic hydroxyl groups is 1. The van der Waals surface area contributed by atoms with Crippen LogP contribution in [-0.4, -0.2) is 35.6 Å². The number of hydrogen-bond donors (Lipinski definition) is 2. The smallest absolute Gasteiger partial charge is 0.123 e. The second-order valence-corrected chi connectivity index (χ2v) is 3.84. The van der Waals surface area contributed by atoms with E-state index in [9.17, 15) is 10.2 Å². The Labute approximate surface area is 95.4 Å². The maximum atomic E-state index is 9.52. The number of aliphatic hydroxyl groups excluding tert-OH is 1. The molecule has 1 rings (SSSR count). The molecular formula is C12H18O4. The van der Waals surface area contributed by atoms with Gasteiger partial charge in [-0.1, -0.05) is 6.07 Å². The zero-order valence-corrected chi connectivity index (χ0v) is 9.59. The summed E-state index contributed by atoms with van der Waals surface area (Å²) in [6.07, 6.45) is -0.569. The molecule has 0 aliphatic rings. The lowest BCUT2D eigenvalue weighted by molar-refractivity contribution is -0.0123. The summed E-state index contributed by atoms with van der Waals surface area (Å²) in [7, 11) is 0. The number of ether oxygens (including phenoxy) is 2. The molecule has 1 unspecified atom stereocenters. The Bertz CT molecular complexity index is 312. The number of phenols is 1.